The highest BCUT2D eigenvalue weighted by molar-refractivity contribution is 7.18. The lowest BCUT2D eigenvalue weighted by molar-refractivity contribution is 0.0527. The van der Waals surface area contributed by atoms with Gasteiger partial charge in [-0.25, -0.2) is 14.6 Å². The van der Waals surface area contributed by atoms with Crippen LogP contribution in [-0.4, -0.2) is 36.5 Å². The molecule has 2 aromatic rings. The summed E-state index contributed by atoms with van der Waals surface area (Å²) in [7, 11) is 1.24. The second kappa shape index (κ2) is 8.09. The van der Waals surface area contributed by atoms with Gasteiger partial charge in [0.15, 0.2) is 0 Å². The molecule has 0 fully saturated rings. The van der Waals surface area contributed by atoms with E-state index in [1.54, 1.807) is 19.9 Å². The van der Waals surface area contributed by atoms with Gasteiger partial charge in [-0.2, -0.15) is 0 Å². The molecule has 0 aromatic carbocycles. The number of anilines is 1. The van der Waals surface area contributed by atoms with Gasteiger partial charge in [0.1, 0.15) is 15.0 Å². The van der Waals surface area contributed by atoms with Crippen LogP contribution in [-0.2, 0) is 9.47 Å². The van der Waals surface area contributed by atoms with E-state index in [2.05, 4.69) is 10.3 Å². The van der Waals surface area contributed by atoms with Crippen molar-refractivity contribution in [2.45, 2.75) is 13.8 Å². The minimum atomic E-state index is -0.640. The normalized spacial score (nSPS) is 10.2. The summed E-state index contributed by atoms with van der Waals surface area (Å²) >= 11 is 6.84. The van der Waals surface area contributed by atoms with Crippen LogP contribution in [0.2, 0.25) is 5.15 Å². The molecule has 0 aliphatic heterocycles. The highest BCUT2D eigenvalue weighted by Gasteiger charge is 2.27. The maximum atomic E-state index is 12.4. The molecule has 1 N–H and O–H groups in total. The fourth-order valence-electron chi connectivity index (χ4n) is 2.06. The average Bonchev–Trinajstić information content (AvgIpc) is 2.90. The highest BCUT2D eigenvalue weighted by Crippen LogP contribution is 2.34. The predicted octanol–water partition coefficient (Wildman–Crippen LogP) is 3.32. The first-order valence-corrected chi connectivity index (χ1v) is 8.40. The van der Waals surface area contributed by atoms with Gasteiger partial charge in [-0.3, -0.25) is 4.79 Å². The monoisotopic (exact) mass is 382 g/mol. The van der Waals surface area contributed by atoms with Gasteiger partial charge in [0.25, 0.3) is 5.91 Å². The van der Waals surface area contributed by atoms with E-state index in [0.29, 0.717) is 5.56 Å². The maximum Gasteiger partial charge on any atom is 0.348 e. The molecule has 9 heteroatoms. The number of pyridine rings is 1. The molecule has 0 unspecified atom stereocenters. The molecule has 2 aromatic heterocycles. The minimum absolute atomic E-state index is 0.0270. The topological polar surface area (TPSA) is 94.6 Å². The van der Waals surface area contributed by atoms with Crippen LogP contribution in [0, 0.1) is 6.92 Å². The van der Waals surface area contributed by atoms with E-state index in [1.807, 2.05) is 0 Å². The van der Waals surface area contributed by atoms with Gasteiger partial charge in [0, 0.05) is 6.20 Å². The van der Waals surface area contributed by atoms with Crippen molar-refractivity contribution >= 4 is 45.8 Å². The number of ether oxygens (including phenoxy) is 2. The summed E-state index contributed by atoms with van der Waals surface area (Å²) in [6.45, 7) is 3.40. The Labute approximate surface area is 152 Å². The first-order chi connectivity index (χ1) is 11.9. The maximum absolute atomic E-state index is 12.4. The molecule has 0 aliphatic carbocycles. The average molecular weight is 383 g/mol. The van der Waals surface area contributed by atoms with Crippen molar-refractivity contribution in [3.8, 4) is 0 Å². The third kappa shape index (κ3) is 3.97. The number of hydrogen-bond acceptors (Lipinski definition) is 7. The number of nitrogens with one attached hydrogen (secondary N) is 1. The number of hydrogen-bond donors (Lipinski definition) is 1. The van der Waals surface area contributed by atoms with Crippen LogP contribution in [0.4, 0.5) is 5.00 Å². The Hall–Kier alpha value is -2.45. The summed E-state index contributed by atoms with van der Waals surface area (Å²) in [5.41, 5.74) is 0.633. The Morgan fingerprint density at radius 2 is 2.04 bits per heavy atom. The Bertz CT molecular complexity index is 834. The fourth-order valence-corrected chi connectivity index (χ4v) is 3.38. The molecule has 0 aliphatic rings. The second-order valence-corrected chi connectivity index (χ2v) is 6.15. The van der Waals surface area contributed by atoms with E-state index < -0.39 is 17.8 Å². The van der Waals surface area contributed by atoms with Gasteiger partial charge in [-0.05, 0) is 31.5 Å². The Morgan fingerprint density at radius 1 is 1.32 bits per heavy atom. The fraction of sp³-hybridized carbons (Fsp3) is 0.250. The first kappa shape index (κ1) is 18.9. The van der Waals surface area contributed by atoms with E-state index >= 15 is 0 Å². The molecule has 0 spiro atoms. The van der Waals surface area contributed by atoms with Crippen molar-refractivity contribution in [3.05, 3.63) is 45.1 Å². The first-order valence-electron chi connectivity index (χ1n) is 7.21. The van der Waals surface area contributed by atoms with Gasteiger partial charge in [-0.1, -0.05) is 11.6 Å². The molecule has 0 atom stereocenters. The number of halogens is 1. The number of esters is 2. The lowest BCUT2D eigenvalue weighted by Crippen LogP contribution is -2.15. The zero-order valence-electron chi connectivity index (χ0n) is 13.7. The quantitative estimate of drug-likeness (QED) is 0.629. The molecule has 1 amide bonds. The summed E-state index contributed by atoms with van der Waals surface area (Å²) in [6.07, 6.45) is 1.45. The van der Waals surface area contributed by atoms with Gasteiger partial charge in [0.05, 0.1) is 24.8 Å². The van der Waals surface area contributed by atoms with Gasteiger partial charge in [-0.15, -0.1) is 11.3 Å². The smallest absolute Gasteiger partial charge is 0.348 e. The van der Waals surface area contributed by atoms with Crippen LogP contribution < -0.4 is 5.32 Å². The number of carbonyl (C=O) groups excluding carboxylic acids is 3. The van der Waals surface area contributed by atoms with Crippen molar-refractivity contribution in [1.82, 2.24) is 4.98 Å². The number of thiophene rings is 1. The largest absolute Gasteiger partial charge is 0.465 e. The van der Waals surface area contributed by atoms with Gasteiger partial charge >= 0.3 is 11.9 Å². The third-order valence-corrected chi connectivity index (χ3v) is 4.72. The lowest BCUT2D eigenvalue weighted by Gasteiger charge is -2.07. The molecule has 25 heavy (non-hydrogen) atoms. The molecule has 0 radical (unpaired) electrons. The molecule has 7 nitrogen and oxygen atoms in total. The second-order valence-electron chi connectivity index (χ2n) is 4.77. The van der Waals surface area contributed by atoms with Crippen LogP contribution in [0.25, 0.3) is 0 Å². The Kier molecular flexibility index (Phi) is 6.11. The predicted molar refractivity (Wildman–Crippen MR) is 93.6 cm³/mol. The number of nitrogens with zero attached hydrogens (tertiary/aromatic N) is 1. The Morgan fingerprint density at radius 3 is 2.64 bits per heavy atom. The van der Waals surface area contributed by atoms with Crippen molar-refractivity contribution in [2.75, 3.05) is 19.0 Å². The zero-order valence-corrected chi connectivity index (χ0v) is 15.3. The minimum Gasteiger partial charge on any atom is -0.465 e. The van der Waals surface area contributed by atoms with E-state index in [9.17, 15) is 14.4 Å². The molecule has 2 rings (SSSR count). The Balaban J connectivity index is 2.45. The van der Waals surface area contributed by atoms with Gasteiger partial charge < -0.3 is 14.8 Å². The van der Waals surface area contributed by atoms with Crippen LogP contribution in [0.3, 0.4) is 0 Å². The van der Waals surface area contributed by atoms with Crippen LogP contribution in [0.1, 0.15) is 42.9 Å². The SMILES string of the molecule is CCOC(=O)c1c(NC(=O)c2cccnc2Cl)sc(C(=O)OC)c1C. The number of amides is 1. The van der Waals surface area contributed by atoms with Crippen molar-refractivity contribution in [2.24, 2.45) is 0 Å². The van der Waals surface area contributed by atoms with Crippen LogP contribution in [0.5, 0.6) is 0 Å². The van der Waals surface area contributed by atoms with Crippen molar-refractivity contribution in [1.29, 1.82) is 0 Å². The standard InChI is InChI=1S/C16H15ClN2O5S/c1-4-24-15(21)10-8(2)11(16(22)23-3)25-14(10)19-13(20)9-6-5-7-18-12(9)17/h5-7H,4H2,1-3H3,(H,19,20). The highest BCUT2D eigenvalue weighted by atomic mass is 35.5. The number of rotatable bonds is 5. The van der Waals surface area contributed by atoms with Crippen LogP contribution in [0.15, 0.2) is 18.3 Å². The molecule has 2 heterocycles. The van der Waals surface area contributed by atoms with Crippen molar-refractivity contribution in [3.63, 3.8) is 0 Å². The lowest BCUT2D eigenvalue weighted by atomic mass is 10.1. The molecular formula is C16H15ClN2O5S. The summed E-state index contributed by atoms with van der Waals surface area (Å²) in [5, 5.41) is 2.80. The van der Waals surface area contributed by atoms with E-state index in [-0.39, 0.29) is 32.8 Å². The third-order valence-electron chi connectivity index (χ3n) is 3.23. The number of carbonyl (C=O) groups is 3. The molecule has 0 bridgehead atoms. The molecule has 0 saturated carbocycles. The van der Waals surface area contributed by atoms with Crippen LogP contribution >= 0.6 is 22.9 Å². The summed E-state index contributed by atoms with van der Waals surface area (Å²) < 4.78 is 9.72. The molecule has 132 valence electrons. The molecule has 0 saturated heterocycles. The van der Waals surface area contributed by atoms with E-state index in [0.717, 1.165) is 11.3 Å². The molecular weight excluding hydrogens is 368 g/mol. The van der Waals surface area contributed by atoms with E-state index in [4.69, 9.17) is 21.1 Å². The summed E-state index contributed by atoms with van der Waals surface area (Å²) in [6, 6.07) is 3.06. The van der Waals surface area contributed by atoms with E-state index in [1.165, 1.54) is 19.4 Å². The number of aromatic nitrogens is 1. The summed E-state index contributed by atoms with van der Waals surface area (Å²) in [4.78, 5) is 40.6. The number of methoxy groups -OCH3 is 1. The summed E-state index contributed by atoms with van der Waals surface area (Å²) in [5.74, 6) is -1.80. The van der Waals surface area contributed by atoms with Gasteiger partial charge in [0.2, 0.25) is 0 Å². The zero-order chi connectivity index (χ0) is 18.6. The van der Waals surface area contributed by atoms with Crippen molar-refractivity contribution < 1.29 is 23.9 Å².